The van der Waals surface area contributed by atoms with Crippen molar-refractivity contribution < 1.29 is 4.79 Å². The quantitative estimate of drug-likeness (QED) is 0.468. The first-order valence-electron chi connectivity index (χ1n) is 11.2. The number of carbonyl (C=O) groups excluding carboxylic acids is 1. The third-order valence-electron chi connectivity index (χ3n) is 5.79. The molecule has 0 saturated carbocycles. The molecule has 2 N–H and O–H groups in total. The van der Waals surface area contributed by atoms with Crippen LogP contribution in [0.5, 0.6) is 0 Å². The van der Waals surface area contributed by atoms with Crippen molar-refractivity contribution in [3.63, 3.8) is 0 Å². The third kappa shape index (κ3) is 4.17. The number of nitrogens with zero attached hydrogens (tertiary/aromatic N) is 7. The lowest BCUT2D eigenvalue weighted by Gasteiger charge is -2.26. The molecule has 0 radical (unpaired) electrons. The predicted molar refractivity (Wildman–Crippen MR) is 125 cm³/mol. The van der Waals surface area contributed by atoms with Crippen molar-refractivity contribution in [2.45, 2.75) is 26.3 Å². The number of hydrogen-bond acceptors (Lipinski definition) is 7. The molecule has 0 aliphatic carbocycles. The van der Waals surface area contributed by atoms with Crippen molar-refractivity contribution in [3.8, 4) is 5.69 Å². The summed E-state index contributed by atoms with van der Waals surface area (Å²) in [6, 6.07) is 9.92. The Morgan fingerprint density at radius 1 is 1.12 bits per heavy atom. The van der Waals surface area contributed by atoms with E-state index in [0.717, 1.165) is 29.9 Å². The standard InChI is InChI=1S/C23H27N9O/c1-16(2)18-15-27-32-21(18)28-20(22(33)30-12-9-24-10-13-30)29-23(32)25-14-17-6-3-4-7-19(17)31-11-5-8-26-31/h3-8,11,15-16,24H,9-10,12-14H2,1-2H3,(H,25,28,29). The van der Waals surface area contributed by atoms with Crippen LogP contribution in [0.1, 0.15) is 41.5 Å². The van der Waals surface area contributed by atoms with E-state index in [4.69, 9.17) is 0 Å². The van der Waals surface area contributed by atoms with Gasteiger partial charge in [0.05, 0.1) is 11.9 Å². The van der Waals surface area contributed by atoms with E-state index in [-0.39, 0.29) is 17.6 Å². The summed E-state index contributed by atoms with van der Waals surface area (Å²) in [4.78, 5) is 24.2. The van der Waals surface area contributed by atoms with Crippen LogP contribution >= 0.6 is 0 Å². The number of fused-ring (bicyclic) bond motifs is 1. The molecule has 4 heterocycles. The van der Waals surface area contributed by atoms with Gasteiger partial charge in [0, 0.05) is 50.7 Å². The van der Waals surface area contributed by atoms with Crippen LogP contribution in [0.2, 0.25) is 0 Å². The average molecular weight is 446 g/mol. The first kappa shape index (κ1) is 21.1. The Kier molecular flexibility index (Phi) is 5.74. The van der Waals surface area contributed by atoms with Crippen LogP contribution < -0.4 is 10.6 Å². The second-order valence-corrected chi connectivity index (χ2v) is 8.34. The molecule has 0 bridgehead atoms. The van der Waals surface area contributed by atoms with E-state index in [0.29, 0.717) is 31.2 Å². The Labute approximate surface area is 191 Å². The molecule has 4 aromatic rings. The molecule has 5 rings (SSSR count). The van der Waals surface area contributed by atoms with Crippen molar-refractivity contribution in [3.05, 3.63) is 65.9 Å². The van der Waals surface area contributed by atoms with Gasteiger partial charge in [-0.3, -0.25) is 4.79 Å². The van der Waals surface area contributed by atoms with Gasteiger partial charge in [0.1, 0.15) is 0 Å². The summed E-state index contributed by atoms with van der Waals surface area (Å²) < 4.78 is 3.51. The number of anilines is 1. The molecule has 1 fully saturated rings. The lowest BCUT2D eigenvalue weighted by molar-refractivity contribution is 0.0723. The first-order chi connectivity index (χ1) is 16.1. The number of rotatable bonds is 6. The molecule has 1 aliphatic rings. The van der Waals surface area contributed by atoms with Gasteiger partial charge in [0.15, 0.2) is 5.65 Å². The van der Waals surface area contributed by atoms with E-state index in [2.05, 4.69) is 44.6 Å². The Balaban J connectivity index is 1.50. The van der Waals surface area contributed by atoms with Gasteiger partial charge in [-0.15, -0.1) is 0 Å². The maximum absolute atomic E-state index is 13.2. The number of nitrogens with one attached hydrogen (secondary N) is 2. The fourth-order valence-electron chi connectivity index (χ4n) is 3.99. The van der Waals surface area contributed by atoms with E-state index < -0.39 is 0 Å². The lowest BCUT2D eigenvalue weighted by Crippen LogP contribution is -2.46. The number of piperazine rings is 1. The molecule has 1 saturated heterocycles. The monoisotopic (exact) mass is 445 g/mol. The second kappa shape index (κ2) is 8.99. The van der Waals surface area contributed by atoms with Crippen LogP contribution in [-0.4, -0.2) is 66.3 Å². The summed E-state index contributed by atoms with van der Waals surface area (Å²) in [6.45, 7) is 7.49. The van der Waals surface area contributed by atoms with Gasteiger partial charge >= 0.3 is 0 Å². The highest BCUT2D eigenvalue weighted by Gasteiger charge is 2.24. The average Bonchev–Trinajstić information content (AvgIpc) is 3.53. The molecule has 1 aliphatic heterocycles. The normalized spacial score (nSPS) is 14.2. The molecule has 0 atom stereocenters. The first-order valence-corrected chi connectivity index (χ1v) is 11.2. The molecule has 3 aromatic heterocycles. The van der Waals surface area contributed by atoms with Crippen molar-refractivity contribution in [2.75, 3.05) is 31.5 Å². The van der Waals surface area contributed by atoms with Crippen molar-refractivity contribution in [1.82, 2.24) is 39.6 Å². The van der Waals surface area contributed by atoms with E-state index in [1.54, 1.807) is 21.8 Å². The van der Waals surface area contributed by atoms with Gasteiger partial charge in [-0.1, -0.05) is 32.0 Å². The number of carbonyl (C=O) groups is 1. The minimum absolute atomic E-state index is 0.158. The smallest absolute Gasteiger partial charge is 0.291 e. The molecule has 33 heavy (non-hydrogen) atoms. The van der Waals surface area contributed by atoms with Gasteiger partial charge in [-0.05, 0) is 23.6 Å². The van der Waals surface area contributed by atoms with Crippen molar-refractivity contribution in [2.24, 2.45) is 0 Å². The van der Waals surface area contributed by atoms with Gasteiger partial charge < -0.3 is 15.5 Å². The SMILES string of the molecule is CC(C)c1cnn2c(NCc3ccccc3-n3cccn3)nc(C(=O)N3CCNCC3)nc12. The van der Waals surface area contributed by atoms with Crippen LogP contribution in [0.25, 0.3) is 11.3 Å². The summed E-state index contributed by atoms with van der Waals surface area (Å²) in [7, 11) is 0. The topological polar surface area (TPSA) is 105 Å². The van der Waals surface area contributed by atoms with Gasteiger partial charge in [-0.25, -0.2) is 9.67 Å². The van der Waals surface area contributed by atoms with Crippen molar-refractivity contribution >= 4 is 17.5 Å². The molecular formula is C23H27N9O. The Hall–Kier alpha value is -3.79. The highest BCUT2D eigenvalue weighted by molar-refractivity contribution is 5.91. The zero-order valence-corrected chi connectivity index (χ0v) is 18.8. The summed E-state index contributed by atoms with van der Waals surface area (Å²) in [6.07, 6.45) is 5.47. The molecule has 170 valence electrons. The fourth-order valence-corrected chi connectivity index (χ4v) is 3.99. The van der Waals surface area contributed by atoms with E-state index >= 15 is 0 Å². The van der Waals surface area contributed by atoms with Gasteiger partial charge in [0.2, 0.25) is 11.8 Å². The number of amides is 1. The van der Waals surface area contributed by atoms with Crippen LogP contribution in [0.15, 0.2) is 48.9 Å². The third-order valence-corrected chi connectivity index (χ3v) is 5.79. The maximum atomic E-state index is 13.2. The highest BCUT2D eigenvalue weighted by atomic mass is 16.2. The zero-order valence-electron chi connectivity index (χ0n) is 18.8. The van der Waals surface area contributed by atoms with Crippen LogP contribution in [-0.2, 0) is 6.54 Å². The van der Waals surface area contributed by atoms with Crippen molar-refractivity contribution in [1.29, 1.82) is 0 Å². The molecule has 10 nitrogen and oxygen atoms in total. The second-order valence-electron chi connectivity index (χ2n) is 8.34. The zero-order chi connectivity index (χ0) is 22.8. The molecule has 0 unspecified atom stereocenters. The Morgan fingerprint density at radius 3 is 2.70 bits per heavy atom. The molecule has 1 aromatic carbocycles. The Morgan fingerprint density at radius 2 is 1.94 bits per heavy atom. The van der Waals surface area contributed by atoms with E-state index in [1.165, 1.54) is 0 Å². The van der Waals surface area contributed by atoms with E-state index in [9.17, 15) is 4.79 Å². The van der Waals surface area contributed by atoms with Crippen LogP contribution in [0.3, 0.4) is 0 Å². The molecular weight excluding hydrogens is 418 g/mol. The van der Waals surface area contributed by atoms with Gasteiger partial charge in [-0.2, -0.15) is 19.7 Å². The van der Waals surface area contributed by atoms with Crippen LogP contribution in [0.4, 0.5) is 5.95 Å². The minimum Gasteiger partial charge on any atom is -0.350 e. The fraction of sp³-hybridized carbons (Fsp3) is 0.348. The van der Waals surface area contributed by atoms with Gasteiger partial charge in [0.25, 0.3) is 5.91 Å². The molecule has 1 amide bonds. The summed E-state index contributed by atoms with van der Waals surface area (Å²) in [5, 5.41) is 15.5. The molecule has 0 spiro atoms. The minimum atomic E-state index is -0.158. The maximum Gasteiger partial charge on any atom is 0.291 e. The molecule has 10 heteroatoms. The summed E-state index contributed by atoms with van der Waals surface area (Å²) in [5.41, 5.74) is 3.65. The Bertz CT molecular complexity index is 1260. The summed E-state index contributed by atoms with van der Waals surface area (Å²) in [5.74, 6) is 0.734. The highest BCUT2D eigenvalue weighted by Crippen LogP contribution is 2.22. The number of benzene rings is 1. The predicted octanol–water partition coefficient (Wildman–Crippen LogP) is 2.09. The summed E-state index contributed by atoms with van der Waals surface area (Å²) >= 11 is 0. The lowest BCUT2D eigenvalue weighted by atomic mass is 10.1. The number of aromatic nitrogens is 6. The number of hydrogen-bond donors (Lipinski definition) is 2. The van der Waals surface area contributed by atoms with Crippen LogP contribution in [0, 0.1) is 0 Å². The number of para-hydroxylation sites is 1. The largest absolute Gasteiger partial charge is 0.350 e. The van der Waals surface area contributed by atoms with E-state index in [1.807, 2.05) is 41.2 Å².